The van der Waals surface area contributed by atoms with Crippen LogP contribution >= 0.6 is 11.6 Å². The molecule has 0 unspecified atom stereocenters. The number of hydrogen-bond acceptors (Lipinski definition) is 6. The van der Waals surface area contributed by atoms with Crippen LogP contribution in [-0.2, 0) is 19.1 Å². The number of rotatable bonds is 5. The number of anilines is 1. The van der Waals surface area contributed by atoms with Gasteiger partial charge in [0.25, 0.3) is 0 Å². The molecule has 1 aromatic carbocycles. The highest BCUT2D eigenvalue weighted by Crippen LogP contribution is 2.39. The average molecular weight is 522 g/mol. The van der Waals surface area contributed by atoms with Crippen LogP contribution in [0.3, 0.4) is 0 Å². The number of likely N-dealkylation sites (tertiary alicyclic amines) is 1. The van der Waals surface area contributed by atoms with Gasteiger partial charge in [-0.1, -0.05) is 38.4 Å². The Morgan fingerprint density at radius 3 is 2.53 bits per heavy atom. The topological polar surface area (TPSA) is 125 Å². The van der Waals surface area contributed by atoms with Gasteiger partial charge in [-0.15, -0.1) is 0 Å². The normalized spacial score (nSPS) is 25.2. The first-order valence-corrected chi connectivity index (χ1v) is 12.5. The van der Waals surface area contributed by atoms with Crippen LogP contribution in [0.2, 0.25) is 5.02 Å². The molecule has 4 rings (SSSR count). The Bertz CT molecular complexity index is 1050. The summed E-state index contributed by atoms with van der Waals surface area (Å²) in [4.78, 5) is 53.8. The van der Waals surface area contributed by atoms with Crippen molar-refractivity contribution in [2.45, 2.75) is 76.7 Å². The second kappa shape index (κ2) is 9.80. The predicted molar refractivity (Wildman–Crippen MR) is 131 cm³/mol. The van der Waals surface area contributed by atoms with Crippen molar-refractivity contribution in [3.8, 4) is 0 Å². The summed E-state index contributed by atoms with van der Waals surface area (Å²) in [5, 5.41) is 13.1. The summed E-state index contributed by atoms with van der Waals surface area (Å²) in [7, 11) is 0. The fraction of sp³-hybridized carbons (Fsp3) is 0.600. The maximum atomic E-state index is 13.7. The predicted octanol–water partition coefficient (Wildman–Crippen LogP) is 3.80. The second-order valence-corrected chi connectivity index (χ2v) is 11.3. The first-order chi connectivity index (χ1) is 16.9. The van der Waals surface area contributed by atoms with Crippen molar-refractivity contribution >= 4 is 41.4 Å². The van der Waals surface area contributed by atoms with Gasteiger partial charge in [0.15, 0.2) is 5.60 Å². The SMILES string of the molecule is CC(C)(C)[C@H](NC(=O)OC1CCCC1)C(=O)N1C[C@@]2(C[C@H]1C(=O)O)CN(c1cccc(Cl)c1)C(=O)O2. The highest BCUT2D eigenvalue weighted by Gasteiger charge is 2.58. The number of aliphatic carboxylic acids is 1. The average Bonchev–Trinajstić information content (AvgIpc) is 3.50. The van der Waals surface area contributed by atoms with Crippen molar-refractivity contribution < 1.29 is 33.8 Å². The third kappa shape index (κ3) is 5.38. The summed E-state index contributed by atoms with van der Waals surface area (Å²) in [6.07, 6.45) is 1.95. The van der Waals surface area contributed by atoms with Crippen molar-refractivity contribution in [2.75, 3.05) is 18.0 Å². The van der Waals surface area contributed by atoms with Gasteiger partial charge in [-0.25, -0.2) is 14.4 Å². The molecule has 2 saturated heterocycles. The summed E-state index contributed by atoms with van der Waals surface area (Å²) in [6.45, 7) is 5.30. The lowest BCUT2D eigenvalue weighted by Crippen LogP contribution is -2.57. The molecule has 1 saturated carbocycles. The third-order valence-corrected chi connectivity index (χ3v) is 7.24. The molecule has 0 aromatic heterocycles. The van der Waals surface area contributed by atoms with E-state index in [9.17, 15) is 24.3 Å². The van der Waals surface area contributed by atoms with E-state index in [1.807, 2.05) is 0 Å². The molecule has 196 valence electrons. The highest BCUT2D eigenvalue weighted by atomic mass is 35.5. The van der Waals surface area contributed by atoms with Crippen LogP contribution in [0.1, 0.15) is 52.9 Å². The summed E-state index contributed by atoms with van der Waals surface area (Å²) >= 11 is 6.07. The standard InChI is InChI=1S/C25H32ClN3O7/c1-24(2,3)19(27-22(33)35-17-9-4-5-10-17)20(30)29-14-25(12-18(29)21(31)32)13-28(23(34)36-25)16-8-6-7-15(26)11-16/h6-8,11,17-19H,4-5,9-10,12-14H2,1-3H3,(H,27,33)(H,31,32)/t18-,19+,25+/m0/s1. The number of halogens is 1. The van der Waals surface area contributed by atoms with E-state index < -0.39 is 47.2 Å². The molecule has 3 fully saturated rings. The summed E-state index contributed by atoms with van der Waals surface area (Å²) in [5.74, 6) is -1.77. The fourth-order valence-electron chi connectivity index (χ4n) is 5.18. The number of carbonyl (C=O) groups is 4. The van der Waals surface area contributed by atoms with Crippen molar-refractivity contribution in [1.82, 2.24) is 10.2 Å². The minimum Gasteiger partial charge on any atom is -0.480 e. The van der Waals surface area contributed by atoms with Crippen molar-refractivity contribution in [1.29, 1.82) is 0 Å². The molecular formula is C25H32ClN3O7. The molecule has 10 nitrogen and oxygen atoms in total. The van der Waals surface area contributed by atoms with E-state index in [2.05, 4.69) is 5.32 Å². The van der Waals surface area contributed by atoms with Gasteiger partial charge in [-0.05, 0) is 49.3 Å². The Morgan fingerprint density at radius 1 is 1.22 bits per heavy atom. The number of benzene rings is 1. The lowest BCUT2D eigenvalue weighted by molar-refractivity contribution is -0.150. The smallest absolute Gasteiger partial charge is 0.415 e. The number of amides is 3. The molecule has 3 aliphatic rings. The quantitative estimate of drug-likeness (QED) is 0.603. The van der Waals surface area contributed by atoms with Crippen molar-refractivity contribution in [2.24, 2.45) is 5.41 Å². The molecule has 0 bridgehead atoms. The van der Waals surface area contributed by atoms with E-state index in [0.717, 1.165) is 25.7 Å². The Balaban J connectivity index is 1.54. The Morgan fingerprint density at radius 2 is 1.92 bits per heavy atom. The molecule has 2 N–H and O–H groups in total. The second-order valence-electron chi connectivity index (χ2n) is 10.9. The number of nitrogens with one attached hydrogen (secondary N) is 1. The van der Waals surface area contributed by atoms with E-state index in [1.165, 1.54) is 9.80 Å². The van der Waals surface area contributed by atoms with Gasteiger partial charge in [0.05, 0.1) is 13.1 Å². The summed E-state index contributed by atoms with van der Waals surface area (Å²) in [6, 6.07) is 4.44. The van der Waals surface area contributed by atoms with Gasteiger partial charge >= 0.3 is 18.2 Å². The first kappa shape index (κ1) is 26.1. The lowest BCUT2D eigenvalue weighted by atomic mass is 9.85. The Kier molecular flexibility index (Phi) is 7.10. The molecule has 1 spiro atoms. The van der Waals surface area contributed by atoms with Crippen LogP contribution in [-0.4, -0.2) is 70.9 Å². The number of hydrogen-bond donors (Lipinski definition) is 2. The van der Waals surface area contributed by atoms with Crippen molar-refractivity contribution in [3.63, 3.8) is 0 Å². The number of ether oxygens (including phenoxy) is 2. The minimum absolute atomic E-state index is 0.0665. The van der Waals surface area contributed by atoms with Crippen LogP contribution in [0.25, 0.3) is 0 Å². The van der Waals surface area contributed by atoms with Gasteiger partial charge in [0.2, 0.25) is 5.91 Å². The zero-order chi connectivity index (χ0) is 26.3. The van der Waals surface area contributed by atoms with Gasteiger partial charge in [0, 0.05) is 17.1 Å². The maximum absolute atomic E-state index is 13.7. The monoisotopic (exact) mass is 521 g/mol. The van der Waals surface area contributed by atoms with E-state index in [0.29, 0.717) is 10.7 Å². The minimum atomic E-state index is -1.22. The van der Waals surface area contributed by atoms with Crippen molar-refractivity contribution in [3.05, 3.63) is 29.3 Å². The molecule has 2 aliphatic heterocycles. The largest absolute Gasteiger partial charge is 0.480 e. The molecule has 36 heavy (non-hydrogen) atoms. The molecule has 11 heteroatoms. The number of alkyl carbamates (subject to hydrolysis) is 1. The Labute approximate surface area is 214 Å². The number of carboxylic acids is 1. The molecular weight excluding hydrogens is 490 g/mol. The molecule has 1 aromatic rings. The first-order valence-electron chi connectivity index (χ1n) is 12.2. The molecule has 3 atom stereocenters. The lowest BCUT2D eigenvalue weighted by Gasteiger charge is -2.35. The number of carboxylic acid groups (broad SMARTS) is 1. The van der Waals surface area contributed by atoms with E-state index >= 15 is 0 Å². The van der Waals surface area contributed by atoms with Crippen LogP contribution in [0.15, 0.2) is 24.3 Å². The van der Waals surface area contributed by atoms with Crippen LogP contribution in [0, 0.1) is 5.41 Å². The zero-order valence-corrected chi connectivity index (χ0v) is 21.4. The Hall–Kier alpha value is -3.01. The summed E-state index contributed by atoms with van der Waals surface area (Å²) in [5.41, 5.74) is -1.42. The molecule has 2 heterocycles. The third-order valence-electron chi connectivity index (χ3n) is 7.01. The van der Waals surface area contributed by atoms with Crippen LogP contribution in [0.4, 0.5) is 15.3 Å². The number of carbonyl (C=O) groups excluding carboxylic acids is 3. The summed E-state index contributed by atoms with van der Waals surface area (Å²) < 4.78 is 11.2. The van der Waals surface area contributed by atoms with Crippen LogP contribution < -0.4 is 10.2 Å². The fourth-order valence-corrected chi connectivity index (χ4v) is 5.36. The van der Waals surface area contributed by atoms with E-state index in [1.54, 1.807) is 45.0 Å². The van der Waals surface area contributed by atoms with E-state index in [4.69, 9.17) is 21.1 Å². The zero-order valence-electron chi connectivity index (χ0n) is 20.7. The van der Waals surface area contributed by atoms with Gasteiger partial charge in [-0.3, -0.25) is 9.69 Å². The highest BCUT2D eigenvalue weighted by molar-refractivity contribution is 6.30. The maximum Gasteiger partial charge on any atom is 0.415 e. The van der Waals surface area contributed by atoms with E-state index in [-0.39, 0.29) is 25.6 Å². The molecule has 0 radical (unpaired) electrons. The van der Waals surface area contributed by atoms with Gasteiger partial charge < -0.3 is 24.8 Å². The van der Waals surface area contributed by atoms with Crippen LogP contribution in [0.5, 0.6) is 0 Å². The van der Waals surface area contributed by atoms with Gasteiger partial charge in [0.1, 0.15) is 18.2 Å². The molecule has 1 aliphatic carbocycles. The molecule has 3 amide bonds. The number of nitrogens with zero attached hydrogens (tertiary/aromatic N) is 2. The van der Waals surface area contributed by atoms with Gasteiger partial charge in [-0.2, -0.15) is 0 Å².